The van der Waals surface area contributed by atoms with Crippen molar-refractivity contribution in [2.45, 2.75) is 19.9 Å². The van der Waals surface area contributed by atoms with Crippen LogP contribution < -0.4 is 0 Å². The molecule has 0 amide bonds. The summed E-state index contributed by atoms with van der Waals surface area (Å²) < 4.78 is 2.08. The molecule has 14 heavy (non-hydrogen) atoms. The minimum atomic E-state index is 0.556. The first kappa shape index (κ1) is 9.81. The molecule has 0 N–H and O–H groups in total. The molecule has 0 bridgehead atoms. The van der Waals surface area contributed by atoms with E-state index < -0.39 is 0 Å². The normalized spacial score (nSPS) is 11.1. The first-order valence-electron chi connectivity index (χ1n) is 4.52. The van der Waals surface area contributed by atoms with Crippen molar-refractivity contribution in [3.63, 3.8) is 0 Å². The van der Waals surface area contributed by atoms with E-state index in [-0.39, 0.29) is 0 Å². The van der Waals surface area contributed by atoms with E-state index in [1.165, 1.54) is 0 Å². The van der Waals surface area contributed by atoms with Crippen molar-refractivity contribution in [3.8, 4) is 0 Å². The highest BCUT2D eigenvalue weighted by Crippen LogP contribution is 2.27. The van der Waals surface area contributed by atoms with E-state index in [1.54, 1.807) is 6.07 Å². The van der Waals surface area contributed by atoms with E-state index >= 15 is 0 Å². The van der Waals surface area contributed by atoms with E-state index in [2.05, 4.69) is 16.5 Å². The van der Waals surface area contributed by atoms with Crippen molar-refractivity contribution in [2.75, 3.05) is 0 Å². The molecule has 0 aliphatic rings. The van der Waals surface area contributed by atoms with Crippen molar-refractivity contribution >= 4 is 34.2 Å². The molecule has 2 nitrogen and oxygen atoms in total. The van der Waals surface area contributed by atoms with Gasteiger partial charge in [0.1, 0.15) is 0 Å². The lowest BCUT2D eigenvalue weighted by Gasteiger charge is -2.01. The molecule has 0 fully saturated rings. The summed E-state index contributed by atoms with van der Waals surface area (Å²) in [6, 6.07) is 3.66. The van der Waals surface area contributed by atoms with Gasteiger partial charge in [-0.3, -0.25) is 0 Å². The fourth-order valence-electron chi connectivity index (χ4n) is 1.47. The Bertz CT molecular complexity index is 462. The molecular weight excluding hydrogens is 219 g/mol. The van der Waals surface area contributed by atoms with Gasteiger partial charge in [-0.2, -0.15) is 0 Å². The smallest absolute Gasteiger partial charge is 0.0958 e. The van der Waals surface area contributed by atoms with Gasteiger partial charge in [-0.1, -0.05) is 30.1 Å². The highest BCUT2D eigenvalue weighted by Gasteiger charge is 2.05. The molecule has 1 aromatic heterocycles. The predicted octanol–water partition coefficient (Wildman–Crippen LogP) is 3.75. The monoisotopic (exact) mass is 228 g/mol. The Morgan fingerprint density at radius 3 is 2.71 bits per heavy atom. The predicted molar refractivity (Wildman–Crippen MR) is 60.0 cm³/mol. The molecule has 2 rings (SSSR count). The summed E-state index contributed by atoms with van der Waals surface area (Å²) in [5, 5.41) is 1.14. The standard InChI is InChI=1S/C10H10Cl2N2/c1-2-3-14-6-13-9-4-7(11)8(12)5-10(9)14/h4-6H,2-3H2,1H3. The zero-order chi connectivity index (χ0) is 10.1. The SMILES string of the molecule is CCCn1cnc2cc(Cl)c(Cl)cc21. The topological polar surface area (TPSA) is 17.8 Å². The van der Waals surface area contributed by atoms with Crippen LogP contribution in [-0.4, -0.2) is 9.55 Å². The van der Waals surface area contributed by atoms with Gasteiger partial charge in [-0.15, -0.1) is 0 Å². The average molecular weight is 229 g/mol. The highest BCUT2D eigenvalue weighted by molar-refractivity contribution is 6.42. The van der Waals surface area contributed by atoms with Crippen LogP contribution in [0, 0.1) is 0 Å². The molecule has 4 heteroatoms. The summed E-state index contributed by atoms with van der Waals surface area (Å²) in [5.74, 6) is 0. The second-order valence-electron chi connectivity index (χ2n) is 3.19. The molecule has 74 valence electrons. The van der Waals surface area contributed by atoms with Gasteiger partial charge in [0.2, 0.25) is 0 Å². The summed E-state index contributed by atoms with van der Waals surface area (Å²) in [4.78, 5) is 4.26. The number of aromatic nitrogens is 2. The lowest BCUT2D eigenvalue weighted by molar-refractivity contribution is 0.697. The summed E-state index contributed by atoms with van der Waals surface area (Å²) >= 11 is 11.8. The van der Waals surface area contributed by atoms with Crippen LogP contribution in [0.5, 0.6) is 0 Å². The molecular formula is C10H10Cl2N2. The maximum absolute atomic E-state index is 5.94. The molecule has 1 aromatic carbocycles. The van der Waals surface area contributed by atoms with Gasteiger partial charge in [0.05, 0.1) is 27.4 Å². The highest BCUT2D eigenvalue weighted by atomic mass is 35.5. The Hall–Kier alpha value is -0.730. The van der Waals surface area contributed by atoms with Crippen LogP contribution in [0.2, 0.25) is 10.0 Å². The molecule has 0 aliphatic carbocycles. The molecule has 0 atom stereocenters. The van der Waals surface area contributed by atoms with Gasteiger partial charge in [-0.05, 0) is 18.6 Å². The fraction of sp³-hybridized carbons (Fsp3) is 0.300. The van der Waals surface area contributed by atoms with E-state index in [0.717, 1.165) is 24.0 Å². The summed E-state index contributed by atoms with van der Waals surface area (Å²) in [6.07, 6.45) is 2.90. The van der Waals surface area contributed by atoms with Gasteiger partial charge in [0.15, 0.2) is 0 Å². The van der Waals surface area contributed by atoms with Crippen LogP contribution in [0.3, 0.4) is 0 Å². The van der Waals surface area contributed by atoms with Crippen LogP contribution in [0.25, 0.3) is 11.0 Å². The molecule has 0 aliphatic heterocycles. The average Bonchev–Trinajstić information content (AvgIpc) is 2.51. The van der Waals surface area contributed by atoms with Crippen LogP contribution in [0.4, 0.5) is 0 Å². The molecule has 0 spiro atoms. The van der Waals surface area contributed by atoms with Crippen molar-refractivity contribution in [3.05, 3.63) is 28.5 Å². The number of nitrogens with zero attached hydrogens (tertiary/aromatic N) is 2. The Morgan fingerprint density at radius 2 is 2.00 bits per heavy atom. The number of fused-ring (bicyclic) bond motifs is 1. The second-order valence-corrected chi connectivity index (χ2v) is 4.01. The Morgan fingerprint density at radius 1 is 1.29 bits per heavy atom. The first-order valence-corrected chi connectivity index (χ1v) is 5.28. The van der Waals surface area contributed by atoms with Gasteiger partial charge in [-0.25, -0.2) is 4.98 Å². The molecule has 0 unspecified atom stereocenters. The van der Waals surface area contributed by atoms with Crippen LogP contribution >= 0.6 is 23.2 Å². The number of imidazole rings is 1. The third kappa shape index (κ3) is 1.60. The van der Waals surface area contributed by atoms with Crippen molar-refractivity contribution in [2.24, 2.45) is 0 Å². The maximum Gasteiger partial charge on any atom is 0.0958 e. The number of aryl methyl sites for hydroxylation is 1. The molecule has 1 heterocycles. The Balaban J connectivity index is 2.61. The maximum atomic E-state index is 5.94. The van der Waals surface area contributed by atoms with Gasteiger partial charge < -0.3 is 4.57 Å². The Kier molecular flexibility index (Phi) is 2.66. The second kappa shape index (κ2) is 3.79. The number of hydrogen-bond donors (Lipinski definition) is 0. The van der Waals surface area contributed by atoms with Gasteiger partial charge in [0, 0.05) is 6.54 Å². The Labute approximate surface area is 92.5 Å². The molecule has 0 saturated heterocycles. The fourth-order valence-corrected chi connectivity index (χ4v) is 1.79. The molecule has 2 aromatic rings. The number of rotatable bonds is 2. The number of benzene rings is 1. The lowest BCUT2D eigenvalue weighted by Crippen LogP contribution is -1.93. The van der Waals surface area contributed by atoms with Crippen molar-refractivity contribution in [1.82, 2.24) is 9.55 Å². The van der Waals surface area contributed by atoms with Crippen LogP contribution in [0.15, 0.2) is 18.5 Å². The number of halogens is 2. The zero-order valence-corrected chi connectivity index (χ0v) is 9.31. The molecule has 0 saturated carbocycles. The zero-order valence-electron chi connectivity index (χ0n) is 7.80. The van der Waals surface area contributed by atoms with Crippen molar-refractivity contribution < 1.29 is 0 Å². The largest absolute Gasteiger partial charge is 0.331 e. The quantitative estimate of drug-likeness (QED) is 0.766. The summed E-state index contributed by atoms with van der Waals surface area (Å²) in [5.41, 5.74) is 1.94. The van der Waals surface area contributed by atoms with Crippen molar-refractivity contribution in [1.29, 1.82) is 0 Å². The van der Waals surface area contributed by atoms with E-state index in [4.69, 9.17) is 23.2 Å². The lowest BCUT2D eigenvalue weighted by atomic mass is 10.3. The summed E-state index contributed by atoms with van der Waals surface area (Å²) in [7, 11) is 0. The van der Waals surface area contributed by atoms with Crippen LogP contribution in [-0.2, 0) is 6.54 Å². The minimum Gasteiger partial charge on any atom is -0.331 e. The van der Waals surface area contributed by atoms with Gasteiger partial charge in [0.25, 0.3) is 0 Å². The third-order valence-corrected chi connectivity index (χ3v) is 2.85. The van der Waals surface area contributed by atoms with E-state index in [0.29, 0.717) is 10.0 Å². The van der Waals surface area contributed by atoms with E-state index in [1.807, 2.05) is 12.4 Å². The third-order valence-electron chi connectivity index (χ3n) is 2.13. The van der Waals surface area contributed by atoms with E-state index in [9.17, 15) is 0 Å². The van der Waals surface area contributed by atoms with Crippen LogP contribution in [0.1, 0.15) is 13.3 Å². The molecule has 0 radical (unpaired) electrons. The first-order chi connectivity index (χ1) is 6.72. The number of hydrogen-bond acceptors (Lipinski definition) is 1. The summed E-state index contributed by atoms with van der Waals surface area (Å²) in [6.45, 7) is 3.08. The minimum absolute atomic E-state index is 0.556. The van der Waals surface area contributed by atoms with Gasteiger partial charge >= 0.3 is 0 Å².